The van der Waals surface area contributed by atoms with Crippen LogP contribution < -0.4 is 10.5 Å². The molecular weight excluding hydrogens is 258 g/mol. The van der Waals surface area contributed by atoms with E-state index in [0.29, 0.717) is 17.9 Å². The number of rotatable bonds is 5. The van der Waals surface area contributed by atoms with Crippen molar-refractivity contribution in [2.75, 3.05) is 0 Å². The average Bonchev–Trinajstić information content (AvgIpc) is 2.93. The van der Waals surface area contributed by atoms with Gasteiger partial charge in [-0.3, -0.25) is 0 Å². The maximum Gasteiger partial charge on any atom is 0.170 e. The van der Waals surface area contributed by atoms with Crippen LogP contribution in [0.15, 0.2) is 29.7 Å². The summed E-state index contributed by atoms with van der Waals surface area (Å²) in [4.78, 5) is 4.14. The first kappa shape index (κ1) is 13.9. The Morgan fingerprint density at radius 3 is 3.00 bits per heavy atom. The fourth-order valence-corrected chi connectivity index (χ4v) is 1.78. The van der Waals surface area contributed by atoms with E-state index >= 15 is 0 Å². The Balaban J connectivity index is 2.17. The summed E-state index contributed by atoms with van der Waals surface area (Å²) in [5.74, 6) is 1.47. The van der Waals surface area contributed by atoms with E-state index in [1.165, 1.54) is 6.33 Å². The zero-order valence-electron chi connectivity index (χ0n) is 11.4. The van der Waals surface area contributed by atoms with Gasteiger partial charge >= 0.3 is 0 Å². The third kappa shape index (κ3) is 2.87. The molecule has 2 rings (SSSR count). The standard InChI is InChI=1S/C13H17N5O2/c1-3-18-12(15-8-16-18)7-20-11-6-10(13(14)17-19)5-4-9(11)2/h4-6,8,19H,3,7H2,1-2H3,(H2,14,17). The van der Waals surface area contributed by atoms with Gasteiger partial charge in [0, 0.05) is 12.1 Å². The highest BCUT2D eigenvalue weighted by molar-refractivity contribution is 5.97. The van der Waals surface area contributed by atoms with Gasteiger partial charge in [-0.15, -0.1) is 0 Å². The SMILES string of the molecule is CCn1ncnc1COc1cc(/C(N)=N/O)ccc1C. The van der Waals surface area contributed by atoms with Crippen LogP contribution >= 0.6 is 0 Å². The molecule has 0 bridgehead atoms. The number of aryl methyl sites for hydroxylation is 2. The summed E-state index contributed by atoms with van der Waals surface area (Å²) in [5.41, 5.74) is 7.13. The highest BCUT2D eigenvalue weighted by atomic mass is 16.5. The Bertz CT molecular complexity index is 621. The van der Waals surface area contributed by atoms with Crippen molar-refractivity contribution in [3.05, 3.63) is 41.5 Å². The zero-order valence-corrected chi connectivity index (χ0v) is 11.4. The Morgan fingerprint density at radius 2 is 2.30 bits per heavy atom. The molecule has 106 valence electrons. The first-order chi connectivity index (χ1) is 9.65. The van der Waals surface area contributed by atoms with Gasteiger partial charge < -0.3 is 15.7 Å². The molecule has 0 radical (unpaired) electrons. The van der Waals surface area contributed by atoms with Crippen molar-refractivity contribution in [3.63, 3.8) is 0 Å². The summed E-state index contributed by atoms with van der Waals surface area (Å²) in [6.07, 6.45) is 1.50. The van der Waals surface area contributed by atoms with Gasteiger partial charge in [-0.2, -0.15) is 5.10 Å². The molecule has 7 nitrogen and oxygen atoms in total. The van der Waals surface area contributed by atoms with Gasteiger partial charge in [0.25, 0.3) is 0 Å². The minimum Gasteiger partial charge on any atom is -0.485 e. The maximum atomic E-state index is 8.70. The van der Waals surface area contributed by atoms with Crippen LogP contribution in [0.1, 0.15) is 23.9 Å². The van der Waals surface area contributed by atoms with Crippen LogP contribution in [0.5, 0.6) is 5.75 Å². The predicted octanol–water partition coefficient (Wildman–Crippen LogP) is 1.28. The minimum atomic E-state index is 0.0478. The van der Waals surface area contributed by atoms with E-state index in [-0.39, 0.29) is 5.84 Å². The van der Waals surface area contributed by atoms with Crippen molar-refractivity contribution < 1.29 is 9.94 Å². The lowest BCUT2D eigenvalue weighted by molar-refractivity contribution is 0.285. The fourth-order valence-electron chi connectivity index (χ4n) is 1.78. The summed E-state index contributed by atoms with van der Waals surface area (Å²) in [7, 11) is 0. The lowest BCUT2D eigenvalue weighted by atomic mass is 10.1. The van der Waals surface area contributed by atoms with Gasteiger partial charge in [0.2, 0.25) is 0 Å². The number of oxime groups is 1. The Hall–Kier alpha value is -2.57. The van der Waals surface area contributed by atoms with Gasteiger partial charge in [-0.05, 0) is 25.5 Å². The van der Waals surface area contributed by atoms with E-state index < -0.39 is 0 Å². The van der Waals surface area contributed by atoms with Gasteiger partial charge in [-0.25, -0.2) is 9.67 Å². The number of nitrogens with zero attached hydrogens (tertiary/aromatic N) is 4. The average molecular weight is 275 g/mol. The molecule has 2 aromatic rings. The molecule has 7 heteroatoms. The molecule has 1 aromatic carbocycles. The van der Waals surface area contributed by atoms with Gasteiger partial charge in [0.15, 0.2) is 11.7 Å². The third-order valence-corrected chi connectivity index (χ3v) is 2.94. The second-order valence-electron chi connectivity index (χ2n) is 4.25. The normalized spacial score (nSPS) is 11.6. The minimum absolute atomic E-state index is 0.0478. The Kier molecular flexibility index (Phi) is 4.19. The number of hydrogen-bond acceptors (Lipinski definition) is 5. The van der Waals surface area contributed by atoms with Crippen LogP contribution in [-0.2, 0) is 13.2 Å². The monoisotopic (exact) mass is 275 g/mol. The second kappa shape index (κ2) is 6.05. The molecule has 0 saturated carbocycles. The summed E-state index contributed by atoms with van der Waals surface area (Å²) < 4.78 is 7.51. The van der Waals surface area contributed by atoms with Crippen LogP contribution in [0.3, 0.4) is 0 Å². The van der Waals surface area contributed by atoms with Crippen LogP contribution in [0.25, 0.3) is 0 Å². The largest absolute Gasteiger partial charge is 0.485 e. The van der Waals surface area contributed by atoms with Crippen molar-refractivity contribution in [1.82, 2.24) is 14.8 Å². The zero-order chi connectivity index (χ0) is 14.5. The van der Waals surface area contributed by atoms with E-state index in [1.807, 2.05) is 19.9 Å². The first-order valence-corrected chi connectivity index (χ1v) is 6.23. The lowest BCUT2D eigenvalue weighted by Crippen LogP contribution is -2.13. The van der Waals surface area contributed by atoms with Crippen LogP contribution in [0.2, 0.25) is 0 Å². The summed E-state index contributed by atoms with van der Waals surface area (Å²) in [5, 5.41) is 15.8. The van der Waals surface area contributed by atoms with Gasteiger partial charge in [0.1, 0.15) is 18.7 Å². The third-order valence-electron chi connectivity index (χ3n) is 2.94. The van der Waals surface area contributed by atoms with E-state index in [9.17, 15) is 0 Å². The van der Waals surface area contributed by atoms with E-state index in [1.54, 1.807) is 16.8 Å². The molecular formula is C13H17N5O2. The Morgan fingerprint density at radius 1 is 1.50 bits per heavy atom. The molecule has 0 aliphatic heterocycles. The molecule has 0 amide bonds. The van der Waals surface area contributed by atoms with Crippen LogP contribution in [0.4, 0.5) is 0 Å². The highest BCUT2D eigenvalue weighted by Gasteiger charge is 2.08. The summed E-state index contributed by atoms with van der Waals surface area (Å²) >= 11 is 0. The smallest absolute Gasteiger partial charge is 0.170 e. The second-order valence-corrected chi connectivity index (χ2v) is 4.25. The number of benzene rings is 1. The molecule has 1 heterocycles. The highest BCUT2D eigenvalue weighted by Crippen LogP contribution is 2.20. The van der Waals surface area contributed by atoms with E-state index in [0.717, 1.165) is 17.9 Å². The molecule has 0 spiro atoms. The molecule has 0 aliphatic carbocycles. The molecule has 3 N–H and O–H groups in total. The quantitative estimate of drug-likeness (QED) is 0.370. The molecule has 0 fully saturated rings. The van der Waals surface area contributed by atoms with E-state index in [4.69, 9.17) is 15.7 Å². The molecule has 0 atom stereocenters. The van der Waals surface area contributed by atoms with Crippen LogP contribution in [-0.4, -0.2) is 25.8 Å². The van der Waals surface area contributed by atoms with Crippen molar-refractivity contribution in [3.8, 4) is 5.75 Å². The topological polar surface area (TPSA) is 98.5 Å². The molecule has 0 saturated heterocycles. The number of nitrogens with two attached hydrogens (primary N) is 1. The van der Waals surface area contributed by atoms with Crippen LogP contribution in [0, 0.1) is 6.92 Å². The van der Waals surface area contributed by atoms with Crippen molar-refractivity contribution in [2.24, 2.45) is 10.9 Å². The lowest BCUT2D eigenvalue weighted by Gasteiger charge is -2.10. The first-order valence-electron chi connectivity index (χ1n) is 6.23. The predicted molar refractivity (Wildman–Crippen MR) is 73.7 cm³/mol. The molecule has 1 aromatic heterocycles. The van der Waals surface area contributed by atoms with Crippen molar-refractivity contribution in [2.45, 2.75) is 27.0 Å². The van der Waals surface area contributed by atoms with Crippen molar-refractivity contribution in [1.29, 1.82) is 0 Å². The number of hydrogen-bond donors (Lipinski definition) is 2. The number of ether oxygens (including phenoxy) is 1. The number of amidine groups is 1. The van der Waals surface area contributed by atoms with E-state index in [2.05, 4.69) is 15.2 Å². The fraction of sp³-hybridized carbons (Fsp3) is 0.308. The maximum absolute atomic E-state index is 8.70. The summed E-state index contributed by atoms with van der Waals surface area (Å²) in [6.45, 7) is 4.97. The molecule has 20 heavy (non-hydrogen) atoms. The molecule has 0 unspecified atom stereocenters. The molecule has 0 aliphatic rings. The van der Waals surface area contributed by atoms with Gasteiger partial charge in [0.05, 0.1) is 0 Å². The summed E-state index contributed by atoms with van der Waals surface area (Å²) in [6, 6.07) is 5.36. The van der Waals surface area contributed by atoms with Gasteiger partial charge in [-0.1, -0.05) is 17.3 Å². The number of aromatic nitrogens is 3. The Labute approximate surface area is 116 Å². The van der Waals surface area contributed by atoms with Crippen molar-refractivity contribution >= 4 is 5.84 Å².